The molecule has 0 aliphatic carbocycles. The van der Waals surface area contributed by atoms with Gasteiger partial charge in [-0.05, 0) is 58.7 Å². The number of rotatable bonds is 6. The standard InChI is InChI=1S/C20H31N7O/c1-16-14-18(27-20(24-16)22-15-23-27)26-12-6-17(7-13-26)19(28)21-8-5-11-25-9-3-2-4-10-25/h14-15,17H,2-13H2,1H3,(H,21,28). The Morgan fingerprint density at radius 1 is 1.18 bits per heavy atom. The molecular formula is C20H31N7O. The first-order valence-electron chi connectivity index (χ1n) is 10.6. The molecule has 2 saturated heterocycles. The maximum atomic E-state index is 12.5. The minimum Gasteiger partial charge on any atom is -0.356 e. The summed E-state index contributed by atoms with van der Waals surface area (Å²) in [6, 6.07) is 2.04. The molecule has 28 heavy (non-hydrogen) atoms. The van der Waals surface area contributed by atoms with E-state index in [0.717, 1.165) is 57.0 Å². The molecule has 2 fully saturated rings. The molecule has 0 atom stereocenters. The summed E-state index contributed by atoms with van der Waals surface area (Å²) >= 11 is 0. The number of anilines is 1. The summed E-state index contributed by atoms with van der Waals surface area (Å²) in [5.41, 5.74) is 0.934. The molecule has 0 radical (unpaired) electrons. The number of nitrogens with zero attached hydrogens (tertiary/aromatic N) is 6. The van der Waals surface area contributed by atoms with Crippen molar-refractivity contribution < 1.29 is 4.79 Å². The molecule has 1 N–H and O–H groups in total. The Morgan fingerprint density at radius 2 is 1.96 bits per heavy atom. The van der Waals surface area contributed by atoms with Crippen LogP contribution in [0.4, 0.5) is 5.82 Å². The number of carbonyl (C=O) groups is 1. The minimum atomic E-state index is 0.111. The van der Waals surface area contributed by atoms with E-state index in [4.69, 9.17) is 0 Å². The van der Waals surface area contributed by atoms with Crippen molar-refractivity contribution >= 4 is 17.5 Å². The Labute approximate surface area is 166 Å². The van der Waals surface area contributed by atoms with Crippen LogP contribution in [0.2, 0.25) is 0 Å². The molecule has 4 rings (SSSR count). The van der Waals surface area contributed by atoms with Crippen LogP contribution in [0.1, 0.15) is 44.2 Å². The summed E-state index contributed by atoms with van der Waals surface area (Å²) in [6.07, 6.45) is 8.34. The zero-order chi connectivity index (χ0) is 19.3. The van der Waals surface area contributed by atoms with Crippen molar-refractivity contribution in [2.75, 3.05) is 44.2 Å². The highest BCUT2D eigenvalue weighted by molar-refractivity contribution is 5.78. The summed E-state index contributed by atoms with van der Waals surface area (Å²) in [4.78, 5) is 26.0. The quantitative estimate of drug-likeness (QED) is 0.762. The molecule has 4 heterocycles. The molecule has 0 spiro atoms. The van der Waals surface area contributed by atoms with Crippen molar-refractivity contribution in [2.45, 2.75) is 45.4 Å². The van der Waals surface area contributed by atoms with Gasteiger partial charge in [0.25, 0.3) is 5.78 Å². The summed E-state index contributed by atoms with van der Waals surface area (Å²) in [5.74, 6) is 1.97. The van der Waals surface area contributed by atoms with Crippen LogP contribution in [0.3, 0.4) is 0 Å². The third-order valence-electron chi connectivity index (χ3n) is 5.95. The van der Waals surface area contributed by atoms with Crippen molar-refractivity contribution in [3.8, 4) is 0 Å². The van der Waals surface area contributed by atoms with E-state index >= 15 is 0 Å². The topological polar surface area (TPSA) is 78.7 Å². The molecular weight excluding hydrogens is 354 g/mol. The van der Waals surface area contributed by atoms with Crippen molar-refractivity contribution in [2.24, 2.45) is 5.92 Å². The Balaban J connectivity index is 1.23. The summed E-state index contributed by atoms with van der Waals surface area (Å²) in [6.45, 7) is 8.02. The number of hydrogen-bond donors (Lipinski definition) is 1. The van der Waals surface area contributed by atoms with Gasteiger partial charge in [-0.15, -0.1) is 0 Å². The van der Waals surface area contributed by atoms with E-state index in [9.17, 15) is 4.79 Å². The van der Waals surface area contributed by atoms with Crippen LogP contribution >= 0.6 is 0 Å². The third kappa shape index (κ3) is 4.43. The van der Waals surface area contributed by atoms with Crippen LogP contribution < -0.4 is 10.2 Å². The normalized spacial score (nSPS) is 19.2. The maximum Gasteiger partial charge on any atom is 0.254 e. The number of hydrogen-bond acceptors (Lipinski definition) is 6. The predicted octanol–water partition coefficient (Wildman–Crippen LogP) is 1.64. The van der Waals surface area contributed by atoms with Gasteiger partial charge in [0.2, 0.25) is 5.91 Å². The number of fused-ring (bicyclic) bond motifs is 1. The van der Waals surface area contributed by atoms with E-state index in [0.29, 0.717) is 5.78 Å². The Hall–Kier alpha value is -2.22. The van der Waals surface area contributed by atoms with Gasteiger partial charge in [0.15, 0.2) is 0 Å². The largest absolute Gasteiger partial charge is 0.356 e. The van der Waals surface area contributed by atoms with E-state index in [1.54, 1.807) is 4.52 Å². The molecule has 0 saturated carbocycles. The van der Waals surface area contributed by atoms with Gasteiger partial charge in [0, 0.05) is 37.3 Å². The predicted molar refractivity (Wildman–Crippen MR) is 108 cm³/mol. The molecule has 2 aliphatic heterocycles. The lowest BCUT2D eigenvalue weighted by molar-refractivity contribution is -0.125. The SMILES string of the molecule is Cc1cc(N2CCC(C(=O)NCCCN3CCCCC3)CC2)n2ncnc2n1. The van der Waals surface area contributed by atoms with Gasteiger partial charge in [-0.1, -0.05) is 6.42 Å². The smallest absolute Gasteiger partial charge is 0.254 e. The van der Waals surface area contributed by atoms with Gasteiger partial charge in [0.1, 0.15) is 12.1 Å². The van der Waals surface area contributed by atoms with E-state index in [1.165, 1.54) is 38.7 Å². The second-order valence-corrected chi connectivity index (χ2v) is 8.04. The van der Waals surface area contributed by atoms with Crippen LogP contribution in [-0.2, 0) is 4.79 Å². The average Bonchev–Trinajstić information content (AvgIpc) is 3.20. The van der Waals surface area contributed by atoms with Gasteiger partial charge in [0.05, 0.1) is 0 Å². The third-order valence-corrected chi connectivity index (χ3v) is 5.95. The number of nitrogens with one attached hydrogen (secondary N) is 1. The fourth-order valence-corrected chi connectivity index (χ4v) is 4.35. The van der Waals surface area contributed by atoms with Crippen molar-refractivity contribution in [3.63, 3.8) is 0 Å². The highest BCUT2D eigenvalue weighted by Gasteiger charge is 2.26. The number of piperidine rings is 2. The molecule has 8 heteroatoms. The molecule has 0 bridgehead atoms. The fourth-order valence-electron chi connectivity index (χ4n) is 4.35. The van der Waals surface area contributed by atoms with E-state index in [1.807, 2.05) is 13.0 Å². The average molecular weight is 386 g/mol. The molecule has 0 unspecified atom stereocenters. The summed E-state index contributed by atoms with van der Waals surface area (Å²) in [7, 11) is 0. The Kier molecular flexibility index (Phi) is 6.04. The monoisotopic (exact) mass is 385 g/mol. The number of aryl methyl sites for hydroxylation is 1. The maximum absolute atomic E-state index is 12.5. The molecule has 2 aliphatic rings. The van der Waals surface area contributed by atoms with Crippen LogP contribution in [0.5, 0.6) is 0 Å². The number of aromatic nitrogens is 4. The Morgan fingerprint density at radius 3 is 2.75 bits per heavy atom. The lowest BCUT2D eigenvalue weighted by atomic mass is 9.96. The first-order valence-corrected chi connectivity index (χ1v) is 10.6. The van der Waals surface area contributed by atoms with Crippen LogP contribution in [-0.4, -0.2) is 69.7 Å². The van der Waals surface area contributed by atoms with E-state index < -0.39 is 0 Å². The molecule has 0 aromatic carbocycles. The van der Waals surface area contributed by atoms with Gasteiger partial charge < -0.3 is 15.1 Å². The number of likely N-dealkylation sites (tertiary alicyclic amines) is 1. The lowest BCUT2D eigenvalue weighted by Gasteiger charge is -2.33. The van der Waals surface area contributed by atoms with Crippen molar-refractivity contribution in [3.05, 3.63) is 18.1 Å². The van der Waals surface area contributed by atoms with Gasteiger partial charge in [-0.25, -0.2) is 4.98 Å². The second kappa shape index (κ2) is 8.86. The van der Waals surface area contributed by atoms with Crippen LogP contribution in [0.15, 0.2) is 12.4 Å². The van der Waals surface area contributed by atoms with Crippen LogP contribution in [0.25, 0.3) is 5.78 Å². The second-order valence-electron chi connectivity index (χ2n) is 8.04. The number of carbonyl (C=O) groups excluding carboxylic acids is 1. The van der Waals surface area contributed by atoms with Gasteiger partial charge in [-0.2, -0.15) is 14.6 Å². The molecule has 2 aromatic rings. The lowest BCUT2D eigenvalue weighted by Crippen LogP contribution is -2.42. The van der Waals surface area contributed by atoms with E-state index in [2.05, 4.69) is 30.2 Å². The number of amides is 1. The zero-order valence-electron chi connectivity index (χ0n) is 16.8. The molecule has 152 valence electrons. The highest BCUT2D eigenvalue weighted by Crippen LogP contribution is 2.24. The fraction of sp³-hybridized carbons (Fsp3) is 0.700. The molecule has 1 amide bonds. The van der Waals surface area contributed by atoms with Crippen molar-refractivity contribution in [1.29, 1.82) is 0 Å². The van der Waals surface area contributed by atoms with E-state index in [-0.39, 0.29) is 11.8 Å². The zero-order valence-corrected chi connectivity index (χ0v) is 16.8. The van der Waals surface area contributed by atoms with Crippen molar-refractivity contribution in [1.82, 2.24) is 29.8 Å². The van der Waals surface area contributed by atoms with Gasteiger partial charge in [-0.3, -0.25) is 4.79 Å². The molecule has 2 aromatic heterocycles. The summed E-state index contributed by atoms with van der Waals surface area (Å²) in [5, 5.41) is 7.46. The Bertz CT molecular complexity index is 791. The first kappa shape index (κ1) is 19.1. The summed E-state index contributed by atoms with van der Waals surface area (Å²) < 4.78 is 1.79. The highest BCUT2D eigenvalue weighted by atomic mass is 16.1. The molecule has 8 nitrogen and oxygen atoms in total. The first-order chi connectivity index (χ1) is 13.7. The van der Waals surface area contributed by atoms with Gasteiger partial charge >= 0.3 is 0 Å². The van der Waals surface area contributed by atoms with Crippen LogP contribution in [0, 0.1) is 12.8 Å². The minimum absolute atomic E-state index is 0.111.